The lowest BCUT2D eigenvalue weighted by Crippen LogP contribution is -2.30. The second kappa shape index (κ2) is 7.40. The van der Waals surface area contributed by atoms with Crippen molar-refractivity contribution in [3.8, 4) is 0 Å². The van der Waals surface area contributed by atoms with Crippen molar-refractivity contribution >= 4 is 29.3 Å². The van der Waals surface area contributed by atoms with Crippen LogP contribution in [0.15, 0.2) is 34.9 Å². The van der Waals surface area contributed by atoms with Gasteiger partial charge in [0, 0.05) is 18.7 Å². The summed E-state index contributed by atoms with van der Waals surface area (Å²) in [6.07, 6.45) is -1.01. The van der Waals surface area contributed by atoms with Gasteiger partial charge in [-0.2, -0.15) is 0 Å². The minimum atomic E-state index is -1.01. The second-order valence-corrected chi connectivity index (χ2v) is 5.12. The van der Waals surface area contributed by atoms with Gasteiger partial charge in [-0.3, -0.25) is 9.59 Å². The molecular weight excluding hydrogens is 314 g/mol. The molecule has 0 unspecified atom stereocenters. The Balaban J connectivity index is 1.92. The number of hydrogen-bond acceptors (Lipinski definition) is 6. The van der Waals surface area contributed by atoms with Crippen molar-refractivity contribution < 1.29 is 23.6 Å². The fraction of sp³-hybridized carbons (Fsp3) is 0.250. The Morgan fingerprint density at radius 3 is 2.38 bits per heavy atom. The Hall–Kier alpha value is -3.16. The molecule has 2 rings (SSSR count). The van der Waals surface area contributed by atoms with Crippen molar-refractivity contribution in [2.24, 2.45) is 0 Å². The van der Waals surface area contributed by atoms with Crippen LogP contribution in [0.5, 0.6) is 0 Å². The van der Waals surface area contributed by atoms with Gasteiger partial charge < -0.3 is 19.9 Å². The summed E-state index contributed by atoms with van der Waals surface area (Å²) >= 11 is 0. The number of aromatic nitrogens is 1. The lowest BCUT2D eigenvalue weighted by molar-refractivity contribution is -0.123. The third-order valence-electron chi connectivity index (χ3n) is 2.97. The van der Waals surface area contributed by atoms with Crippen molar-refractivity contribution in [2.45, 2.75) is 26.9 Å². The smallest absolute Gasteiger partial charge is 0.338 e. The second-order valence-electron chi connectivity index (χ2n) is 5.12. The summed E-state index contributed by atoms with van der Waals surface area (Å²) in [6.45, 7) is 4.53. The lowest BCUT2D eigenvalue weighted by atomic mass is 10.2. The van der Waals surface area contributed by atoms with Gasteiger partial charge in [0.25, 0.3) is 5.91 Å². The number of hydrogen-bond donors (Lipinski definition) is 2. The summed E-state index contributed by atoms with van der Waals surface area (Å²) < 4.78 is 9.93. The van der Waals surface area contributed by atoms with Crippen LogP contribution in [-0.4, -0.2) is 29.0 Å². The first-order chi connectivity index (χ1) is 11.3. The van der Waals surface area contributed by atoms with Crippen molar-refractivity contribution in [1.29, 1.82) is 0 Å². The van der Waals surface area contributed by atoms with Crippen LogP contribution in [0.1, 0.15) is 30.0 Å². The van der Waals surface area contributed by atoms with Crippen LogP contribution in [0.4, 0.5) is 11.5 Å². The average Bonchev–Trinajstić information content (AvgIpc) is 2.92. The van der Waals surface area contributed by atoms with Gasteiger partial charge in [0.1, 0.15) is 5.76 Å². The first-order valence-corrected chi connectivity index (χ1v) is 7.18. The third-order valence-corrected chi connectivity index (χ3v) is 2.97. The van der Waals surface area contributed by atoms with E-state index < -0.39 is 18.0 Å². The van der Waals surface area contributed by atoms with Crippen LogP contribution in [0.2, 0.25) is 0 Å². The molecule has 0 aliphatic rings. The van der Waals surface area contributed by atoms with Crippen LogP contribution >= 0.6 is 0 Å². The number of carbonyl (C=O) groups excluding carboxylic acids is 3. The molecule has 8 nitrogen and oxygen atoms in total. The number of aryl methyl sites for hydroxylation is 1. The van der Waals surface area contributed by atoms with Gasteiger partial charge >= 0.3 is 5.97 Å². The highest BCUT2D eigenvalue weighted by molar-refractivity contribution is 5.97. The number of anilines is 2. The Labute approximate surface area is 138 Å². The maximum absolute atomic E-state index is 12.0. The maximum Gasteiger partial charge on any atom is 0.338 e. The van der Waals surface area contributed by atoms with E-state index in [0.29, 0.717) is 11.4 Å². The number of esters is 1. The van der Waals surface area contributed by atoms with E-state index >= 15 is 0 Å². The van der Waals surface area contributed by atoms with Crippen LogP contribution in [0, 0.1) is 6.92 Å². The molecule has 1 heterocycles. The van der Waals surface area contributed by atoms with Gasteiger partial charge in [0.2, 0.25) is 5.91 Å². The number of amides is 2. The van der Waals surface area contributed by atoms with Gasteiger partial charge in [-0.25, -0.2) is 4.79 Å². The quantitative estimate of drug-likeness (QED) is 0.812. The molecular formula is C16H17N3O5. The average molecular weight is 331 g/mol. The van der Waals surface area contributed by atoms with Gasteiger partial charge in [0.05, 0.1) is 5.56 Å². The highest BCUT2D eigenvalue weighted by atomic mass is 16.5. The summed E-state index contributed by atoms with van der Waals surface area (Å²) in [5, 5.41) is 8.70. The Morgan fingerprint density at radius 2 is 1.83 bits per heavy atom. The zero-order valence-electron chi connectivity index (χ0n) is 13.5. The summed E-state index contributed by atoms with van der Waals surface area (Å²) in [4.78, 5) is 34.9. The summed E-state index contributed by atoms with van der Waals surface area (Å²) in [7, 11) is 0. The number of rotatable bonds is 5. The molecule has 0 fully saturated rings. The predicted molar refractivity (Wildman–Crippen MR) is 85.5 cm³/mol. The van der Waals surface area contributed by atoms with E-state index in [2.05, 4.69) is 15.8 Å². The number of benzene rings is 1. The van der Waals surface area contributed by atoms with E-state index in [1.165, 1.54) is 26.0 Å². The number of nitrogens with zero attached hydrogens (tertiary/aromatic N) is 1. The molecule has 1 aromatic carbocycles. The van der Waals surface area contributed by atoms with Crippen molar-refractivity contribution in [1.82, 2.24) is 5.16 Å². The Morgan fingerprint density at radius 1 is 1.17 bits per heavy atom. The molecule has 0 saturated heterocycles. The van der Waals surface area contributed by atoms with Gasteiger partial charge in [-0.05, 0) is 38.1 Å². The molecule has 0 bridgehead atoms. The number of nitrogens with one attached hydrogen (secondary N) is 2. The van der Waals surface area contributed by atoms with Crippen LogP contribution in [0.25, 0.3) is 0 Å². The van der Waals surface area contributed by atoms with E-state index in [1.807, 2.05) is 0 Å². The zero-order chi connectivity index (χ0) is 17.7. The standard InChI is InChI=1S/C16H17N3O5/c1-9-8-14(19-24-9)18-15(21)10(2)23-16(22)12-4-6-13(7-5-12)17-11(3)20/h4-8,10H,1-3H3,(H,17,20)(H,18,19,21)/t10-/m0/s1. The van der Waals surface area contributed by atoms with E-state index in [-0.39, 0.29) is 17.3 Å². The maximum atomic E-state index is 12.0. The van der Waals surface area contributed by atoms with Crippen molar-refractivity contribution in [3.63, 3.8) is 0 Å². The summed E-state index contributed by atoms with van der Waals surface area (Å²) in [6, 6.07) is 7.69. The molecule has 2 N–H and O–H groups in total. The van der Waals surface area contributed by atoms with Gasteiger partial charge in [-0.1, -0.05) is 5.16 Å². The number of ether oxygens (including phenoxy) is 1. The lowest BCUT2D eigenvalue weighted by Gasteiger charge is -2.12. The van der Waals surface area contributed by atoms with Crippen molar-refractivity contribution in [2.75, 3.05) is 10.6 Å². The molecule has 0 spiro atoms. The minimum Gasteiger partial charge on any atom is -0.449 e. The first-order valence-electron chi connectivity index (χ1n) is 7.18. The minimum absolute atomic E-state index is 0.210. The normalized spacial score (nSPS) is 11.5. The van der Waals surface area contributed by atoms with Crippen LogP contribution in [-0.2, 0) is 14.3 Å². The topological polar surface area (TPSA) is 111 Å². The molecule has 126 valence electrons. The first kappa shape index (κ1) is 17.2. The van der Waals surface area contributed by atoms with Crippen molar-refractivity contribution in [3.05, 3.63) is 41.7 Å². The molecule has 24 heavy (non-hydrogen) atoms. The fourth-order valence-electron chi connectivity index (χ4n) is 1.83. The van der Waals surface area contributed by atoms with Crippen LogP contribution < -0.4 is 10.6 Å². The highest BCUT2D eigenvalue weighted by Crippen LogP contribution is 2.12. The highest BCUT2D eigenvalue weighted by Gasteiger charge is 2.20. The van der Waals surface area contributed by atoms with Gasteiger partial charge in [-0.15, -0.1) is 0 Å². The van der Waals surface area contributed by atoms with E-state index in [0.717, 1.165) is 0 Å². The van der Waals surface area contributed by atoms with Gasteiger partial charge in [0.15, 0.2) is 11.9 Å². The molecule has 1 aromatic heterocycles. The SMILES string of the molecule is CC(=O)Nc1ccc(C(=O)O[C@@H](C)C(=O)Nc2cc(C)on2)cc1. The molecule has 1 atom stereocenters. The third kappa shape index (κ3) is 4.67. The molecule has 0 aliphatic carbocycles. The van der Waals surface area contributed by atoms with E-state index in [1.54, 1.807) is 25.1 Å². The van der Waals surface area contributed by atoms with E-state index in [4.69, 9.17) is 9.26 Å². The largest absolute Gasteiger partial charge is 0.449 e. The zero-order valence-corrected chi connectivity index (χ0v) is 13.5. The molecule has 8 heteroatoms. The number of carbonyl (C=O) groups is 3. The van der Waals surface area contributed by atoms with Crippen LogP contribution in [0.3, 0.4) is 0 Å². The molecule has 0 aliphatic heterocycles. The summed E-state index contributed by atoms with van der Waals surface area (Å²) in [5.74, 6) is -0.581. The Bertz CT molecular complexity index is 751. The molecule has 0 radical (unpaired) electrons. The molecule has 2 aromatic rings. The molecule has 0 saturated carbocycles. The predicted octanol–water partition coefficient (Wildman–Crippen LogP) is 2.13. The monoisotopic (exact) mass is 331 g/mol. The Kier molecular flexibility index (Phi) is 5.31. The fourth-order valence-corrected chi connectivity index (χ4v) is 1.83. The molecule has 2 amide bonds. The summed E-state index contributed by atoms with van der Waals surface area (Å²) in [5.41, 5.74) is 0.826. The van der Waals surface area contributed by atoms with E-state index in [9.17, 15) is 14.4 Å².